The van der Waals surface area contributed by atoms with Gasteiger partial charge in [-0.1, -0.05) is 12.1 Å². The zero-order chi connectivity index (χ0) is 13.9. The minimum absolute atomic E-state index is 0.367. The monoisotopic (exact) mass is 271 g/mol. The van der Waals surface area contributed by atoms with E-state index in [1.165, 1.54) is 12.8 Å². The standard InChI is InChI=1S/C15H21N5/c1-17-14-15(20-9-5-4-6-11(20)10-16)19-13-8-3-2-7-12(13)18-14/h2-3,7-8,11H,4-6,9-10,16H2,1H3,(H,17,18)/t11-/m0/s1. The molecule has 0 spiro atoms. The summed E-state index contributed by atoms with van der Waals surface area (Å²) in [6.07, 6.45) is 3.57. The SMILES string of the molecule is CNc1nc2ccccc2nc1N1CCCC[C@H]1CN. The first kappa shape index (κ1) is 13.1. The van der Waals surface area contributed by atoms with Gasteiger partial charge < -0.3 is 16.0 Å². The Balaban J connectivity index is 2.08. The minimum atomic E-state index is 0.367. The summed E-state index contributed by atoms with van der Waals surface area (Å²) in [5, 5.41) is 3.17. The average Bonchev–Trinajstić information content (AvgIpc) is 2.53. The number of anilines is 2. The van der Waals surface area contributed by atoms with Crippen LogP contribution in [0.2, 0.25) is 0 Å². The molecule has 1 aromatic heterocycles. The quantitative estimate of drug-likeness (QED) is 0.893. The van der Waals surface area contributed by atoms with Crippen molar-refractivity contribution in [2.24, 2.45) is 5.73 Å². The molecule has 1 saturated heterocycles. The first-order valence-corrected chi connectivity index (χ1v) is 7.24. The van der Waals surface area contributed by atoms with Crippen molar-refractivity contribution in [2.75, 3.05) is 30.4 Å². The molecule has 2 heterocycles. The number of benzene rings is 1. The molecule has 1 aliphatic rings. The Morgan fingerprint density at radius 1 is 1.25 bits per heavy atom. The Morgan fingerprint density at radius 3 is 2.70 bits per heavy atom. The molecule has 1 aromatic carbocycles. The van der Waals surface area contributed by atoms with Crippen molar-refractivity contribution < 1.29 is 0 Å². The molecule has 0 saturated carbocycles. The lowest BCUT2D eigenvalue weighted by Crippen LogP contribution is -2.45. The highest BCUT2D eigenvalue weighted by Gasteiger charge is 2.25. The van der Waals surface area contributed by atoms with Gasteiger partial charge in [0.25, 0.3) is 0 Å². The van der Waals surface area contributed by atoms with E-state index in [1.807, 2.05) is 31.3 Å². The summed E-state index contributed by atoms with van der Waals surface area (Å²) in [4.78, 5) is 11.8. The normalized spacial score (nSPS) is 19.3. The van der Waals surface area contributed by atoms with Crippen molar-refractivity contribution in [1.82, 2.24) is 9.97 Å². The Morgan fingerprint density at radius 2 is 2.00 bits per heavy atom. The van der Waals surface area contributed by atoms with Crippen LogP contribution in [0, 0.1) is 0 Å². The van der Waals surface area contributed by atoms with Gasteiger partial charge in [0.1, 0.15) is 0 Å². The average molecular weight is 271 g/mol. The Bertz CT molecular complexity index is 598. The molecule has 106 valence electrons. The number of aromatic nitrogens is 2. The van der Waals surface area contributed by atoms with Crippen LogP contribution in [0.1, 0.15) is 19.3 Å². The number of hydrogen-bond donors (Lipinski definition) is 2. The van der Waals surface area contributed by atoms with Gasteiger partial charge >= 0.3 is 0 Å². The molecular formula is C15H21N5. The molecule has 1 aliphatic heterocycles. The maximum Gasteiger partial charge on any atom is 0.172 e. The van der Waals surface area contributed by atoms with Crippen molar-refractivity contribution in [3.8, 4) is 0 Å². The molecule has 1 fully saturated rings. The number of nitrogens with zero attached hydrogens (tertiary/aromatic N) is 3. The number of rotatable bonds is 3. The molecule has 1 atom stereocenters. The maximum atomic E-state index is 5.92. The summed E-state index contributed by atoms with van der Waals surface area (Å²) in [7, 11) is 1.89. The number of para-hydroxylation sites is 2. The summed E-state index contributed by atoms with van der Waals surface area (Å²) in [6.45, 7) is 1.67. The zero-order valence-corrected chi connectivity index (χ0v) is 11.8. The van der Waals surface area contributed by atoms with E-state index in [0.29, 0.717) is 12.6 Å². The van der Waals surface area contributed by atoms with Crippen LogP contribution in [0.3, 0.4) is 0 Å². The summed E-state index contributed by atoms with van der Waals surface area (Å²) in [6, 6.07) is 8.35. The molecule has 0 bridgehead atoms. The van der Waals surface area contributed by atoms with Gasteiger partial charge in [0, 0.05) is 26.2 Å². The summed E-state index contributed by atoms with van der Waals surface area (Å²) < 4.78 is 0. The Labute approximate surface area is 119 Å². The lowest BCUT2D eigenvalue weighted by Gasteiger charge is -2.36. The van der Waals surface area contributed by atoms with E-state index in [4.69, 9.17) is 10.7 Å². The molecule has 5 nitrogen and oxygen atoms in total. The van der Waals surface area contributed by atoms with Gasteiger partial charge in [0.15, 0.2) is 11.6 Å². The second kappa shape index (κ2) is 5.63. The van der Waals surface area contributed by atoms with Gasteiger partial charge in [-0.25, -0.2) is 9.97 Å². The van der Waals surface area contributed by atoms with Crippen molar-refractivity contribution in [1.29, 1.82) is 0 Å². The highest BCUT2D eigenvalue weighted by atomic mass is 15.3. The minimum Gasteiger partial charge on any atom is -0.370 e. The van der Waals surface area contributed by atoms with Crippen molar-refractivity contribution in [2.45, 2.75) is 25.3 Å². The largest absolute Gasteiger partial charge is 0.370 e. The van der Waals surface area contributed by atoms with Crippen LogP contribution in [0.5, 0.6) is 0 Å². The van der Waals surface area contributed by atoms with E-state index in [0.717, 1.165) is 35.6 Å². The molecule has 2 aromatic rings. The number of hydrogen-bond acceptors (Lipinski definition) is 5. The fourth-order valence-corrected chi connectivity index (χ4v) is 2.88. The first-order chi connectivity index (χ1) is 9.83. The van der Waals surface area contributed by atoms with Crippen LogP contribution in [0.4, 0.5) is 11.6 Å². The van der Waals surface area contributed by atoms with Gasteiger partial charge in [0.05, 0.1) is 11.0 Å². The van der Waals surface area contributed by atoms with Gasteiger partial charge in [-0.15, -0.1) is 0 Å². The maximum absolute atomic E-state index is 5.92. The van der Waals surface area contributed by atoms with E-state index in [2.05, 4.69) is 15.2 Å². The van der Waals surface area contributed by atoms with Gasteiger partial charge in [-0.3, -0.25) is 0 Å². The van der Waals surface area contributed by atoms with Crippen LogP contribution < -0.4 is 16.0 Å². The lowest BCUT2D eigenvalue weighted by atomic mass is 10.0. The molecule has 20 heavy (non-hydrogen) atoms. The van der Waals surface area contributed by atoms with Crippen molar-refractivity contribution in [3.05, 3.63) is 24.3 Å². The lowest BCUT2D eigenvalue weighted by molar-refractivity contribution is 0.462. The number of piperidine rings is 1. The number of nitrogens with two attached hydrogens (primary N) is 1. The van der Waals surface area contributed by atoms with Crippen molar-refractivity contribution in [3.63, 3.8) is 0 Å². The van der Waals surface area contributed by atoms with E-state index < -0.39 is 0 Å². The Kier molecular flexibility index (Phi) is 3.69. The van der Waals surface area contributed by atoms with E-state index in [-0.39, 0.29) is 0 Å². The predicted molar refractivity (Wildman–Crippen MR) is 83.1 cm³/mol. The van der Waals surface area contributed by atoms with Gasteiger partial charge in [-0.2, -0.15) is 0 Å². The van der Waals surface area contributed by atoms with Crippen LogP contribution in [-0.2, 0) is 0 Å². The third-order valence-electron chi connectivity index (χ3n) is 3.96. The highest BCUT2D eigenvalue weighted by Crippen LogP contribution is 2.29. The summed E-state index contributed by atoms with van der Waals surface area (Å²) in [5.41, 5.74) is 7.78. The van der Waals surface area contributed by atoms with Crippen LogP contribution in [0.15, 0.2) is 24.3 Å². The summed E-state index contributed by atoms with van der Waals surface area (Å²) >= 11 is 0. The van der Waals surface area contributed by atoms with Crippen LogP contribution in [-0.4, -0.2) is 36.1 Å². The third kappa shape index (κ3) is 2.29. The third-order valence-corrected chi connectivity index (χ3v) is 3.96. The number of nitrogens with one attached hydrogen (secondary N) is 1. The van der Waals surface area contributed by atoms with E-state index in [9.17, 15) is 0 Å². The topological polar surface area (TPSA) is 67.1 Å². The molecule has 3 rings (SSSR count). The molecule has 3 N–H and O–H groups in total. The second-order valence-corrected chi connectivity index (χ2v) is 5.21. The molecule has 0 unspecified atom stereocenters. The fourth-order valence-electron chi connectivity index (χ4n) is 2.88. The molecular weight excluding hydrogens is 250 g/mol. The molecule has 5 heteroatoms. The number of fused-ring (bicyclic) bond motifs is 1. The van der Waals surface area contributed by atoms with Crippen molar-refractivity contribution >= 4 is 22.7 Å². The second-order valence-electron chi connectivity index (χ2n) is 5.21. The van der Waals surface area contributed by atoms with Gasteiger partial charge in [-0.05, 0) is 31.4 Å². The highest BCUT2D eigenvalue weighted by molar-refractivity contribution is 5.80. The summed E-state index contributed by atoms with van der Waals surface area (Å²) in [5.74, 6) is 1.77. The van der Waals surface area contributed by atoms with E-state index in [1.54, 1.807) is 0 Å². The smallest absolute Gasteiger partial charge is 0.172 e. The molecule has 0 radical (unpaired) electrons. The molecule has 0 amide bonds. The zero-order valence-electron chi connectivity index (χ0n) is 11.8. The molecule has 0 aliphatic carbocycles. The van der Waals surface area contributed by atoms with E-state index >= 15 is 0 Å². The van der Waals surface area contributed by atoms with Crippen LogP contribution in [0.25, 0.3) is 11.0 Å². The fraction of sp³-hybridized carbons (Fsp3) is 0.467. The van der Waals surface area contributed by atoms with Gasteiger partial charge in [0.2, 0.25) is 0 Å². The van der Waals surface area contributed by atoms with Crippen LogP contribution >= 0.6 is 0 Å². The Hall–Kier alpha value is -1.88. The predicted octanol–water partition coefficient (Wildman–Crippen LogP) is 1.99. The first-order valence-electron chi connectivity index (χ1n) is 7.24.